The van der Waals surface area contributed by atoms with Crippen molar-refractivity contribution in [2.24, 2.45) is 0 Å². The highest BCUT2D eigenvalue weighted by Gasteiger charge is 2.30. The molecule has 8 rings (SSSR count). The summed E-state index contributed by atoms with van der Waals surface area (Å²) < 4.78 is 42.6. The van der Waals surface area contributed by atoms with Crippen molar-refractivity contribution in [3.05, 3.63) is 118 Å². The highest BCUT2D eigenvalue weighted by atomic mass is 35.5. The third-order valence-corrected chi connectivity index (χ3v) is 10.1. The molecule has 0 unspecified atom stereocenters. The molecule has 257 valence electrons. The summed E-state index contributed by atoms with van der Waals surface area (Å²) in [7, 11) is 3.95. The Labute approximate surface area is 299 Å². The lowest BCUT2D eigenvalue weighted by Gasteiger charge is -2.34. The van der Waals surface area contributed by atoms with Crippen LogP contribution in [0.2, 0.25) is 5.02 Å². The Kier molecular flexibility index (Phi) is 9.11. The monoisotopic (exact) mass is 722 g/mol. The van der Waals surface area contributed by atoms with E-state index in [1.54, 1.807) is 30.3 Å². The molecule has 5 heterocycles. The molecule has 3 aromatic carbocycles. The largest absolute Gasteiger partial charge is 0.473 e. The lowest BCUT2D eigenvalue weighted by molar-refractivity contribution is -0.0632. The zero-order valence-corrected chi connectivity index (χ0v) is 29.0. The van der Waals surface area contributed by atoms with Crippen molar-refractivity contribution in [2.45, 2.75) is 37.8 Å². The van der Waals surface area contributed by atoms with E-state index in [1.165, 1.54) is 18.3 Å². The van der Waals surface area contributed by atoms with Crippen molar-refractivity contribution in [1.29, 1.82) is 0 Å². The van der Waals surface area contributed by atoms with Gasteiger partial charge in [0.1, 0.15) is 29.6 Å². The second-order valence-corrected chi connectivity index (χ2v) is 13.6. The Morgan fingerprint density at radius 3 is 2.78 bits per heavy atom. The number of nitrogens with zero attached hydrogens (tertiary/aromatic N) is 5. The summed E-state index contributed by atoms with van der Waals surface area (Å²) in [5.74, 6) is -0.119. The van der Waals surface area contributed by atoms with Crippen LogP contribution in [-0.4, -0.2) is 71.6 Å². The molecule has 0 spiro atoms. The van der Waals surface area contributed by atoms with Crippen LogP contribution in [0.5, 0.6) is 5.88 Å². The molecule has 3 aromatic heterocycles. The van der Waals surface area contributed by atoms with Gasteiger partial charge in [-0.2, -0.15) is 5.10 Å². The van der Waals surface area contributed by atoms with Crippen LogP contribution in [0.25, 0.3) is 27.5 Å². The molecular formula is C37H31ClF2N7O3Si. The van der Waals surface area contributed by atoms with E-state index >= 15 is 0 Å². The van der Waals surface area contributed by atoms with Crippen LogP contribution in [0.1, 0.15) is 45.9 Å². The highest BCUT2D eigenvalue weighted by molar-refractivity contribution is 6.30. The summed E-state index contributed by atoms with van der Waals surface area (Å²) in [4.78, 5) is 25.2. The number of fused-ring (bicyclic) bond motifs is 2. The van der Waals surface area contributed by atoms with Crippen LogP contribution in [0.4, 0.5) is 14.5 Å². The number of anilines is 1. The molecule has 3 radical (unpaired) electrons. The van der Waals surface area contributed by atoms with Gasteiger partial charge in [-0.05, 0) is 66.9 Å². The number of halogens is 3. The van der Waals surface area contributed by atoms with Crippen molar-refractivity contribution >= 4 is 60.9 Å². The molecule has 14 heteroatoms. The number of nitrogens with one attached hydrogen (secondary N) is 2. The third kappa shape index (κ3) is 6.89. The number of amides is 1. The number of pyridine rings is 1. The number of H-pyrrole nitrogens is 1. The fourth-order valence-corrected chi connectivity index (χ4v) is 7.12. The van der Waals surface area contributed by atoms with Crippen molar-refractivity contribution in [3.8, 4) is 5.88 Å². The average molecular weight is 723 g/mol. The van der Waals surface area contributed by atoms with Crippen LogP contribution in [0, 0.1) is 11.6 Å². The van der Waals surface area contributed by atoms with Gasteiger partial charge in [0.05, 0.1) is 45.8 Å². The molecule has 1 fully saturated rings. The van der Waals surface area contributed by atoms with Gasteiger partial charge in [0.25, 0.3) is 5.91 Å². The second kappa shape index (κ2) is 14.0. The zero-order valence-electron chi connectivity index (χ0n) is 27.2. The quantitative estimate of drug-likeness (QED) is 0.150. The van der Waals surface area contributed by atoms with Crippen LogP contribution in [0.15, 0.2) is 79.0 Å². The van der Waals surface area contributed by atoms with Crippen LogP contribution in [0.3, 0.4) is 0 Å². The molecule has 0 bridgehead atoms. The molecule has 1 amide bonds. The number of hydrogen-bond donors (Lipinski definition) is 2. The van der Waals surface area contributed by atoms with E-state index < -0.39 is 17.5 Å². The summed E-state index contributed by atoms with van der Waals surface area (Å²) in [5, 5.41) is 10.2. The Bertz CT molecular complexity index is 2310. The molecule has 0 saturated carbocycles. The minimum Gasteiger partial charge on any atom is -0.473 e. The first-order chi connectivity index (χ1) is 24.8. The summed E-state index contributed by atoms with van der Waals surface area (Å²) >= 11 is 5.87. The van der Waals surface area contributed by atoms with Gasteiger partial charge in [-0.1, -0.05) is 29.8 Å². The fraction of sp³-hybridized carbons (Fsp3) is 0.243. The van der Waals surface area contributed by atoms with Crippen molar-refractivity contribution in [1.82, 2.24) is 29.6 Å². The molecule has 6 aromatic rings. The van der Waals surface area contributed by atoms with Gasteiger partial charge in [-0.25, -0.2) is 18.7 Å². The SMILES string of the molecule is O=C(Nc1ccc2nc(CN3CC=C(c4cccc(OCc5ccc(Cl)cc5F)n4)CC3)n([C@H]([Si])[C@@H]3CCO3)c2c1)c1cc(F)c2[nH]ncc2c1. The van der Waals surface area contributed by atoms with Gasteiger partial charge in [-0.15, -0.1) is 0 Å². The van der Waals surface area contributed by atoms with Gasteiger partial charge < -0.3 is 19.4 Å². The summed E-state index contributed by atoms with van der Waals surface area (Å²) in [6.45, 7) is 2.80. The fourth-order valence-electron chi connectivity index (χ4n) is 6.41. The first kappa shape index (κ1) is 33.2. The first-order valence-electron chi connectivity index (χ1n) is 16.5. The second-order valence-electron chi connectivity index (χ2n) is 12.6. The smallest absolute Gasteiger partial charge is 0.255 e. The molecule has 2 aliphatic heterocycles. The van der Waals surface area contributed by atoms with E-state index in [-0.39, 0.29) is 29.5 Å². The predicted octanol–water partition coefficient (Wildman–Crippen LogP) is 6.82. The molecule has 0 aliphatic carbocycles. The number of carbonyl (C=O) groups excluding carboxylic acids is 1. The van der Waals surface area contributed by atoms with Crippen molar-refractivity contribution < 1.29 is 23.0 Å². The minimum absolute atomic E-state index is 0.0228. The zero-order chi connectivity index (χ0) is 35.1. The van der Waals surface area contributed by atoms with Gasteiger partial charge in [-0.3, -0.25) is 14.8 Å². The van der Waals surface area contributed by atoms with E-state index in [0.29, 0.717) is 47.2 Å². The number of carbonyl (C=O) groups is 1. The van der Waals surface area contributed by atoms with E-state index in [9.17, 15) is 13.6 Å². The number of imidazole rings is 1. The summed E-state index contributed by atoms with van der Waals surface area (Å²) in [5.41, 5.74) is 4.78. The predicted molar refractivity (Wildman–Crippen MR) is 191 cm³/mol. The Morgan fingerprint density at radius 2 is 2.00 bits per heavy atom. The van der Waals surface area contributed by atoms with Crippen LogP contribution < -0.4 is 10.1 Å². The van der Waals surface area contributed by atoms with Crippen molar-refractivity contribution in [3.63, 3.8) is 0 Å². The molecule has 1 saturated heterocycles. The number of rotatable bonds is 10. The highest BCUT2D eigenvalue weighted by Crippen LogP contribution is 2.31. The molecule has 2 atom stereocenters. The van der Waals surface area contributed by atoms with Crippen LogP contribution in [-0.2, 0) is 17.9 Å². The van der Waals surface area contributed by atoms with Gasteiger partial charge in [0, 0.05) is 58.7 Å². The Hall–Kier alpha value is -4.95. The molecule has 10 nitrogen and oxygen atoms in total. The number of aromatic nitrogens is 5. The van der Waals surface area contributed by atoms with E-state index in [4.69, 9.17) is 26.1 Å². The Balaban J connectivity index is 0.988. The van der Waals surface area contributed by atoms with E-state index in [1.807, 2.05) is 24.3 Å². The molecule has 51 heavy (non-hydrogen) atoms. The minimum atomic E-state index is -0.544. The van der Waals surface area contributed by atoms with Gasteiger partial charge in [0.2, 0.25) is 5.88 Å². The van der Waals surface area contributed by atoms with Gasteiger partial charge >= 0.3 is 0 Å². The molecule has 2 aliphatic rings. The van der Waals surface area contributed by atoms with E-state index in [0.717, 1.165) is 47.5 Å². The summed E-state index contributed by atoms with van der Waals surface area (Å²) in [6, 6.07) is 18.5. The summed E-state index contributed by atoms with van der Waals surface area (Å²) in [6.07, 6.45) is 5.31. The molecular weight excluding hydrogens is 692 g/mol. The molecule has 2 N–H and O–H groups in total. The number of hydrogen-bond acceptors (Lipinski definition) is 7. The van der Waals surface area contributed by atoms with E-state index in [2.05, 4.69) is 46.3 Å². The van der Waals surface area contributed by atoms with Crippen LogP contribution >= 0.6 is 11.6 Å². The normalized spacial score (nSPS) is 16.9. The standard InChI is InChI=1S/C37H31ClF2N7O3Si/c38-25-5-4-22(27(39)16-25)20-50-34-3-1-2-29(44-34)21-8-11-46(12-9-21)19-33-43-30-7-6-26(17-31(30)47(33)37(51)32-10-13-49-32)42-36(48)23-14-24-18-41-45-35(24)28(40)15-23/h1-8,14-18,32,37H,9-13,19-20H2,(H,41,45)(H,42,48)/t32-,37+/m0/s1. The number of benzene rings is 3. The topological polar surface area (TPSA) is 110 Å². The maximum absolute atomic E-state index is 14.6. The lowest BCUT2D eigenvalue weighted by atomic mass is 10.0. The third-order valence-electron chi connectivity index (χ3n) is 9.25. The Morgan fingerprint density at radius 1 is 1.12 bits per heavy atom. The number of aromatic amines is 1. The first-order valence-corrected chi connectivity index (χ1v) is 17.5. The lowest BCUT2D eigenvalue weighted by Crippen LogP contribution is -2.38. The van der Waals surface area contributed by atoms with Crippen molar-refractivity contribution in [2.75, 3.05) is 25.0 Å². The maximum atomic E-state index is 14.6. The number of ether oxygens (including phenoxy) is 2. The van der Waals surface area contributed by atoms with Gasteiger partial charge in [0.15, 0.2) is 0 Å². The average Bonchev–Trinajstić information content (AvgIpc) is 3.72. The maximum Gasteiger partial charge on any atom is 0.255 e.